The van der Waals surface area contributed by atoms with Gasteiger partial charge < -0.3 is 9.69 Å². The summed E-state index contributed by atoms with van der Waals surface area (Å²) >= 11 is 0. The van der Waals surface area contributed by atoms with Crippen molar-refractivity contribution in [2.45, 2.75) is 33.6 Å². The Kier molecular flexibility index (Phi) is 7.81. The van der Waals surface area contributed by atoms with Crippen LogP contribution in [0.3, 0.4) is 0 Å². The first-order valence-corrected chi connectivity index (χ1v) is 5.97. The highest BCUT2D eigenvalue weighted by Crippen LogP contribution is 1.96. The molecule has 0 N–H and O–H groups in total. The van der Waals surface area contributed by atoms with E-state index in [2.05, 4.69) is 0 Å². The summed E-state index contributed by atoms with van der Waals surface area (Å²) in [5.74, 6) is 0.374. The van der Waals surface area contributed by atoms with Crippen molar-refractivity contribution in [2.75, 3.05) is 33.2 Å². The van der Waals surface area contributed by atoms with Crippen LogP contribution in [0.15, 0.2) is 0 Å². The monoisotopic (exact) mass is 228 g/mol. The Morgan fingerprint density at radius 3 is 2.12 bits per heavy atom. The predicted molar refractivity (Wildman–Crippen MR) is 65.3 cm³/mol. The van der Waals surface area contributed by atoms with E-state index in [1.54, 1.807) is 6.92 Å². The fourth-order valence-corrected chi connectivity index (χ4v) is 1.58. The molecule has 0 aromatic carbocycles. The minimum atomic E-state index is 0.162. The highest BCUT2D eigenvalue weighted by Gasteiger charge is 2.11. The SMILES string of the molecule is CCN(CC)C(=O)CN(C)CCCC(C)=O. The molecule has 94 valence electrons. The minimum absolute atomic E-state index is 0.162. The zero-order chi connectivity index (χ0) is 12.6. The number of ketones is 1. The summed E-state index contributed by atoms with van der Waals surface area (Å²) < 4.78 is 0. The Bertz CT molecular complexity index is 225. The van der Waals surface area contributed by atoms with Gasteiger partial charge in [0.1, 0.15) is 5.78 Å². The number of likely N-dealkylation sites (N-methyl/N-ethyl adjacent to an activating group) is 2. The lowest BCUT2D eigenvalue weighted by molar-refractivity contribution is -0.131. The van der Waals surface area contributed by atoms with Crippen molar-refractivity contribution in [2.24, 2.45) is 0 Å². The highest BCUT2D eigenvalue weighted by atomic mass is 16.2. The largest absolute Gasteiger partial charge is 0.342 e. The summed E-state index contributed by atoms with van der Waals surface area (Å²) in [6.45, 7) is 8.33. The van der Waals surface area contributed by atoms with Gasteiger partial charge in [0.05, 0.1) is 6.54 Å². The van der Waals surface area contributed by atoms with Gasteiger partial charge in [0.2, 0.25) is 5.91 Å². The maximum atomic E-state index is 11.7. The van der Waals surface area contributed by atoms with E-state index in [1.165, 1.54) is 0 Å². The van der Waals surface area contributed by atoms with Crippen LogP contribution in [0.25, 0.3) is 0 Å². The molecule has 0 rings (SSSR count). The van der Waals surface area contributed by atoms with E-state index in [0.29, 0.717) is 13.0 Å². The van der Waals surface area contributed by atoms with Gasteiger partial charge in [0.25, 0.3) is 0 Å². The zero-order valence-corrected chi connectivity index (χ0v) is 11.0. The lowest BCUT2D eigenvalue weighted by Gasteiger charge is -2.22. The van der Waals surface area contributed by atoms with Crippen LogP contribution < -0.4 is 0 Å². The van der Waals surface area contributed by atoms with Crippen LogP contribution in [0.1, 0.15) is 33.6 Å². The molecule has 0 saturated carbocycles. The first-order chi connectivity index (χ1) is 7.51. The molecule has 0 aromatic heterocycles. The van der Waals surface area contributed by atoms with Gasteiger partial charge in [-0.15, -0.1) is 0 Å². The van der Waals surface area contributed by atoms with Gasteiger partial charge in [-0.1, -0.05) is 0 Å². The Hall–Kier alpha value is -0.900. The van der Waals surface area contributed by atoms with Gasteiger partial charge in [0, 0.05) is 19.5 Å². The normalized spacial score (nSPS) is 10.6. The first kappa shape index (κ1) is 15.1. The molecule has 1 amide bonds. The molecule has 0 spiro atoms. The number of Topliss-reactive ketones (excluding diaryl/α,β-unsaturated/α-hetero) is 1. The molecule has 4 nitrogen and oxygen atoms in total. The summed E-state index contributed by atoms with van der Waals surface area (Å²) in [5.41, 5.74) is 0. The van der Waals surface area contributed by atoms with Crippen molar-refractivity contribution in [3.8, 4) is 0 Å². The fourth-order valence-electron chi connectivity index (χ4n) is 1.58. The van der Waals surface area contributed by atoms with E-state index in [1.807, 2.05) is 30.7 Å². The van der Waals surface area contributed by atoms with Crippen molar-refractivity contribution in [3.63, 3.8) is 0 Å². The molecule has 0 aliphatic heterocycles. The van der Waals surface area contributed by atoms with Crippen LogP contribution in [-0.2, 0) is 9.59 Å². The van der Waals surface area contributed by atoms with Crippen LogP contribution in [0.4, 0.5) is 0 Å². The van der Waals surface area contributed by atoms with Crippen LogP contribution in [0.5, 0.6) is 0 Å². The number of hydrogen-bond acceptors (Lipinski definition) is 3. The summed E-state index contributed by atoms with van der Waals surface area (Å²) in [5, 5.41) is 0. The quantitative estimate of drug-likeness (QED) is 0.626. The molecule has 0 saturated heterocycles. The third-order valence-electron chi connectivity index (χ3n) is 2.59. The first-order valence-electron chi connectivity index (χ1n) is 5.97. The van der Waals surface area contributed by atoms with Crippen LogP contribution in [0.2, 0.25) is 0 Å². The molecule has 0 aliphatic rings. The maximum absolute atomic E-state index is 11.7. The molecule has 0 atom stereocenters. The third-order valence-corrected chi connectivity index (χ3v) is 2.59. The van der Waals surface area contributed by atoms with E-state index in [9.17, 15) is 9.59 Å². The number of nitrogens with zero attached hydrogens (tertiary/aromatic N) is 2. The van der Waals surface area contributed by atoms with Crippen molar-refractivity contribution in [1.29, 1.82) is 0 Å². The summed E-state index contributed by atoms with van der Waals surface area (Å²) in [7, 11) is 1.92. The summed E-state index contributed by atoms with van der Waals surface area (Å²) in [4.78, 5) is 26.3. The van der Waals surface area contributed by atoms with Gasteiger partial charge in [-0.05, 0) is 40.8 Å². The molecule has 0 fully saturated rings. The lowest BCUT2D eigenvalue weighted by atomic mass is 10.2. The van der Waals surface area contributed by atoms with E-state index in [0.717, 1.165) is 26.1 Å². The molecule has 0 unspecified atom stereocenters. The van der Waals surface area contributed by atoms with E-state index in [-0.39, 0.29) is 11.7 Å². The average Bonchev–Trinajstić information content (AvgIpc) is 2.18. The standard InChI is InChI=1S/C12H24N2O2/c1-5-14(6-2)12(16)10-13(4)9-7-8-11(3)15/h5-10H2,1-4H3. The van der Waals surface area contributed by atoms with Gasteiger partial charge in [-0.2, -0.15) is 0 Å². The van der Waals surface area contributed by atoms with Gasteiger partial charge >= 0.3 is 0 Å². The van der Waals surface area contributed by atoms with Crippen LogP contribution in [0, 0.1) is 0 Å². The number of amides is 1. The van der Waals surface area contributed by atoms with Crippen molar-refractivity contribution in [1.82, 2.24) is 9.80 Å². The zero-order valence-electron chi connectivity index (χ0n) is 11.0. The molecule has 0 bridgehead atoms. The maximum Gasteiger partial charge on any atom is 0.236 e. The molecule has 16 heavy (non-hydrogen) atoms. The number of carbonyl (C=O) groups is 2. The molecule has 0 heterocycles. The Balaban J connectivity index is 3.81. The van der Waals surface area contributed by atoms with Crippen molar-refractivity contribution < 1.29 is 9.59 Å². The molecule has 0 aliphatic carbocycles. The summed E-state index contributed by atoms with van der Waals surface area (Å²) in [6.07, 6.45) is 1.43. The number of hydrogen-bond donors (Lipinski definition) is 0. The second-order valence-electron chi connectivity index (χ2n) is 4.11. The number of carbonyl (C=O) groups excluding carboxylic acids is 2. The second-order valence-corrected chi connectivity index (χ2v) is 4.11. The smallest absolute Gasteiger partial charge is 0.236 e. The van der Waals surface area contributed by atoms with E-state index in [4.69, 9.17) is 0 Å². The highest BCUT2D eigenvalue weighted by molar-refractivity contribution is 5.78. The molecular formula is C12H24N2O2. The predicted octanol–water partition coefficient (Wildman–Crippen LogP) is 1.16. The van der Waals surface area contributed by atoms with Crippen molar-refractivity contribution >= 4 is 11.7 Å². The Morgan fingerprint density at radius 1 is 1.12 bits per heavy atom. The van der Waals surface area contributed by atoms with Gasteiger partial charge in [-0.3, -0.25) is 9.69 Å². The summed E-state index contributed by atoms with van der Waals surface area (Å²) in [6, 6.07) is 0. The minimum Gasteiger partial charge on any atom is -0.342 e. The Labute approximate surface area is 98.6 Å². The third kappa shape index (κ3) is 6.56. The van der Waals surface area contributed by atoms with Crippen LogP contribution >= 0.6 is 0 Å². The fraction of sp³-hybridized carbons (Fsp3) is 0.833. The second kappa shape index (κ2) is 8.28. The van der Waals surface area contributed by atoms with E-state index < -0.39 is 0 Å². The molecule has 0 radical (unpaired) electrons. The van der Waals surface area contributed by atoms with E-state index >= 15 is 0 Å². The van der Waals surface area contributed by atoms with Gasteiger partial charge in [-0.25, -0.2) is 0 Å². The molecule has 0 aromatic rings. The topological polar surface area (TPSA) is 40.6 Å². The Morgan fingerprint density at radius 2 is 1.69 bits per heavy atom. The van der Waals surface area contributed by atoms with Crippen LogP contribution in [-0.4, -0.2) is 54.7 Å². The molecule has 4 heteroatoms. The average molecular weight is 228 g/mol. The number of rotatable bonds is 8. The molecular weight excluding hydrogens is 204 g/mol. The van der Waals surface area contributed by atoms with Crippen molar-refractivity contribution in [3.05, 3.63) is 0 Å². The lowest BCUT2D eigenvalue weighted by Crippen LogP contribution is -2.39. The van der Waals surface area contributed by atoms with Gasteiger partial charge in [0.15, 0.2) is 0 Å².